The number of alkyl halides is 9. The summed E-state index contributed by atoms with van der Waals surface area (Å²) in [7, 11) is 1.32. The van der Waals surface area contributed by atoms with Gasteiger partial charge < -0.3 is 20.7 Å². The van der Waals surface area contributed by atoms with E-state index in [1.807, 2.05) is 0 Å². The molecule has 4 rings (SSSR count). The molecule has 0 radical (unpaired) electrons. The van der Waals surface area contributed by atoms with Crippen molar-refractivity contribution in [2.75, 3.05) is 17.2 Å². The third kappa shape index (κ3) is 8.42. The Kier molecular flexibility index (Phi) is 9.63. The smallest absolute Gasteiger partial charge is 0.418 e. The number of rotatable bonds is 10. The number of hydrogen-bond donors (Lipinski definition) is 3. The van der Waals surface area contributed by atoms with Gasteiger partial charge in [-0.3, -0.25) is 14.2 Å². The van der Waals surface area contributed by atoms with E-state index in [0.717, 1.165) is 54.8 Å². The molecule has 2 amide bonds. The Labute approximate surface area is 260 Å². The Morgan fingerprint density at radius 2 is 1.57 bits per heavy atom. The van der Waals surface area contributed by atoms with Crippen LogP contribution in [0.15, 0.2) is 48.5 Å². The van der Waals surface area contributed by atoms with Crippen molar-refractivity contribution in [1.29, 1.82) is 0 Å². The number of anilines is 3. The molecule has 2 aromatic carbocycles. The Morgan fingerprint density at radius 3 is 2.15 bits per heavy atom. The lowest BCUT2D eigenvalue weighted by Crippen LogP contribution is -2.38. The first kappa shape index (κ1) is 34.8. The van der Waals surface area contributed by atoms with Crippen LogP contribution in [-0.4, -0.2) is 45.1 Å². The van der Waals surface area contributed by atoms with E-state index < -0.39 is 71.1 Å². The fourth-order valence-corrected chi connectivity index (χ4v) is 4.13. The summed E-state index contributed by atoms with van der Waals surface area (Å²) in [6.45, 7) is 0.510. The molecule has 0 spiro atoms. The van der Waals surface area contributed by atoms with Crippen LogP contribution in [0, 0.1) is 0 Å². The van der Waals surface area contributed by atoms with Gasteiger partial charge in [0.25, 0.3) is 18.2 Å². The molecular formula is C29H25F9N6O3. The maximum Gasteiger partial charge on any atom is 0.418 e. The van der Waals surface area contributed by atoms with Crippen molar-refractivity contribution in [3.63, 3.8) is 0 Å². The number of nitrogens with one attached hydrogen (secondary N) is 3. The van der Waals surface area contributed by atoms with E-state index in [0.29, 0.717) is 12.1 Å². The fourth-order valence-electron chi connectivity index (χ4n) is 4.13. The first-order chi connectivity index (χ1) is 21.7. The topological polar surface area (TPSA) is 110 Å². The number of carbonyl (C=O) groups excluding carboxylic acids is 2. The zero-order valence-electron chi connectivity index (χ0n) is 24.6. The molecule has 3 N–H and O–H groups in total. The Bertz CT molecular complexity index is 1780. The summed E-state index contributed by atoms with van der Waals surface area (Å²) in [5.74, 6) is -2.86. The molecule has 4 aromatic rings. The average molecular weight is 677 g/mol. The van der Waals surface area contributed by atoms with E-state index in [1.165, 1.54) is 7.05 Å². The summed E-state index contributed by atoms with van der Waals surface area (Å²) < 4.78 is 126. The number of hydrogen-bond acceptors (Lipinski definition) is 6. The predicted octanol–water partition coefficient (Wildman–Crippen LogP) is 7.01. The number of halogens is 9. The van der Waals surface area contributed by atoms with Gasteiger partial charge >= 0.3 is 12.4 Å². The van der Waals surface area contributed by atoms with E-state index in [9.17, 15) is 49.1 Å². The van der Waals surface area contributed by atoms with Gasteiger partial charge in [0, 0.05) is 19.3 Å². The molecule has 252 valence electrons. The van der Waals surface area contributed by atoms with Crippen LogP contribution in [-0.2, 0) is 30.7 Å². The lowest BCUT2D eigenvalue weighted by atomic mass is 10.1. The second kappa shape index (κ2) is 13.0. The van der Waals surface area contributed by atoms with Crippen LogP contribution < -0.4 is 20.7 Å². The fraction of sp³-hybridized carbons (Fsp3) is 0.310. The van der Waals surface area contributed by atoms with Crippen molar-refractivity contribution >= 4 is 40.3 Å². The summed E-state index contributed by atoms with van der Waals surface area (Å²) in [6.07, 6.45) is -12.5. The Hall–Kier alpha value is -5.03. The SMILES string of the molecule is Cn1c(Nc2cc(CNC(=O)C(C)(C)F)ccc2C(F)(F)F)nc2cc(C(=O)Nc3ccc(C(F)(F)F)cc3)c(OCC(F)F)nc21. The lowest BCUT2D eigenvalue weighted by Gasteiger charge is -2.17. The van der Waals surface area contributed by atoms with Gasteiger partial charge in [0.15, 0.2) is 17.9 Å². The highest BCUT2D eigenvalue weighted by molar-refractivity contribution is 6.07. The number of imidazole rings is 1. The average Bonchev–Trinajstić information content (AvgIpc) is 3.26. The molecule has 0 aliphatic heterocycles. The first-order valence-electron chi connectivity index (χ1n) is 13.5. The Morgan fingerprint density at radius 1 is 0.915 bits per heavy atom. The van der Waals surface area contributed by atoms with Crippen LogP contribution in [0.4, 0.5) is 56.8 Å². The molecule has 9 nitrogen and oxygen atoms in total. The van der Waals surface area contributed by atoms with Crippen LogP contribution in [0.25, 0.3) is 11.2 Å². The molecule has 2 aromatic heterocycles. The summed E-state index contributed by atoms with van der Waals surface area (Å²) in [5.41, 5.74) is -5.44. The predicted molar refractivity (Wildman–Crippen MR) is 151 cm³/mol. The summed E-state index contributed by atoms with van der Waals surface area (Å²) >= 11 is 0. The van der Waals surface area contributed by atoms with Crippen molar-refractivity contribution < 1.29 is 53.8 Å². The summed E-state index contributed by atoms with van der Waals surface area (Å²) in [5, 5.41) is 7.11. The van der Waals surface area contributed by atoms with E-state index in [1.54, 1.807) is 0 Å². The molecule has 18 heteroatoms. The molecular weight excluding hydrogens is 651 g/mol. The van der Waals surface area contributed by atoms with Gasteiger partial charge in [0.2, 0.25) is 11.8 Å². The third-order valence-electron chi connectivity index (χ3n) is 6.50. The number of benzene rings is 2. The molecule has 0 saturated heterocycles. The van der Waals surface area contributed by atoms with Crippen molar-refractivity contribution in [2.24, 2.45) is 7.05 Å². The van der Waals surface area contributed by atoms with Crippen LogP contribution in [0.5, 0.6) is 5.88 Å². The Balaban J connectivity index is 1.70. The molecule has 0 fully saturated rings. The van der Waals surface area contributed by atoms with E-state index in [2.05, 4.69) is 25.9 Å². The number of fused-ring (bicyclic) bond motifs is 1. The first-order valence-corrected chi connectivity index (χ1v) is 13.5. The largest absolute Gasteiger partial charge is 0.471 e. The summed E-state index contributed by atoms with van der Waals surface area (Å²) in [6, 6.07) is 7.29. The number of ether oxygens (including phenoxy) is 1. The van der Waals surface area contributed by atoms with Crippen molar-refractivity contribution in [1.82, 2.24) is 19.9 Å². The monoisotopic (exact) mass is 676 g/mol. The van der Waals surface area contributed by atoms with Crippen LogP contribution in [0.3, 0.4) is 0 Å². The highest BCUT2D eigenvalue weighted by Crippen LogP contribution is 2.37. The quantitative estimate of drug-likeness (QED) is 0.156. The minimum Gasteiger partial charge on any atom is -0.471 e. The highest BCUT2D eigenvalue weighted by atomic mass is 19.4. The minimum atomic E-state index is -4.85. The molecule has 0 unspecified atom stereocenters. The van der Waals surface area contributed by atoms with Gasteiger partial charge in [0.05, 0.1) is 16.8 Å². The van der Waals surface area contributed by atoms with Gasteiger partial charge in [-0.15, -0.1) is 0 Å². The minimum absolute atomic E-state index is 0.0860. The molecule has 0 aliphatic rings. The van der Waals surface area contributed by atoms with Crippen LogP contribution >= 0.6 is 0 Å². The molecule has 47 heavy (non-hydrogen) atoms. The molecule has 2 heterocycles. The number of amides is 2. The number of carbonyl (C=O) groups is 2. The zero-order valence-corrected chi connectivity index (χ0v) is 24.6. The molecule has 0 aliphatic carbocycles. The van der Waals surface area contributed by atoms with Gasteiger partial charge in [-0.1, -0.05) is 6.07 Å². The lowest BCUT2D eigenvalue weighted by molar-refractivity contribution is -0.138. The summed E-state index contributed by atoms with van der Waals surface area (Å²) in [4.78, 5) is 33.2. The second-order valence-electron chi connectivity index (χ2n) is 10.6. The molecule has 0 atom stereocenters. The maximum atomic E-state index is 13.9. The standard InChI is InChI=1S/C29H25F9N6O3/c1-27(2,32)25(46)39-12-14-4-9-18(29(36,37)38)19(10-14)41-26-42-20-11-17(24(47-13-21(30)31)43-22(20)44(26)3)23(45)40-16-7-5-15(6-8-16)28(33,34)35/h4-11,21H,12-13H2,1-3H3,(H,39,46)(H,40,45)(H,41,42). The number of pyridine rings is 1. The van der Waals surface area contributed by atoms with E-state index >= 15 is 0 Å². The molecule has 0 saturated carbocycles. The molecule has 0 bridgehead atoms. The van der Waals surface area contributed by atoms with E-state index in [4.69, 9.17) is 4.74 Å². The van der Waals surface area contributed by atoms with Crippen LogP contribution in [0.2, 0.25) is 0 Å². The van der Waals surface area contributed by atoms with E-state index in [-0.39, 0.29) is 34.9 Å². The second-order valence-corrected chi connectivity index (χ2v) is 10.6. The zero-order chi connectivity index (χ0) is 34.9. The van der Waals surface area contributed by atoms with Crippen molar-refractivity contribution in [3.8, 4) is 5.88 Å². The normalized spacial score (nSPS) is 12.4. The number of aryl methyl sites for hydroxylation is 1. The highest BCUT2D eigenvalue weighted by Gasteiger charge is 2.34. The maximum absolute atomic E-state index is 13.9. The van der Waals surface area contributed by atoms with Crippen LogP contribution in [0.1, 0.15) is 40.9 Å². The van der Waals surface area contributed by atoms with Crippen molar-refractivity contribution in [3.05, 3.63) is 70.8 Å². The van der Waals surface area contributed by atoms with Gasteiger partial charge in [0.1, 0.15) is 11.1 Å². The van der Waals surface area contributed by atoms with Gasteiger partial charge in [-0.05, 0) is 61.9 Å². The number of nitrogens with zero attached hydrogens (tertiary/aromatic N) is 3. The number of aromatic nitrogens is 3. The third-order valence-corrected chi connectivity index (χ3v) is 6.50. The van der Waals surface area contributed by atoms with Gasteiger partial charge in [-0.2, -0.15) is 31.3 Å². The van der Waals surface area contributed by atoms with Gasteiger partial charge in [-0.25, -0.2) is 18.2 Å². The van der Waals surface area contributed by atoms with Crippen molar-refractivity contribution in [2.45, 2.75) is 44.8 Å².